The van der Waals surface area contributed by atoms with Gasteiger partial charge >= 0.3 is 0 Å². The van der Waals surface area contributed by atoms with Gasteiger partial charge in [0, 0.05) is 24.7 Å². The number of halogens is 1. The predicted octanol–water partition coefficient (Wildman–Crippen LogP) is 3.71. The number of hydrogen-bond acceptors (Lipinski definition) is 4. The normalized spacial score (nSPS) is 24.4. The van der Waals surface area contributed by atoms with Crippen LogP contribution in [0, 0.1) is 11.8 Å². The number of piperidine rings is 1. The molecule has 0 aromatic heterocycles. The van der Waals surface area contributed by atoms with Crippen molar-refractivity contribution in [2.45, 2.75) is 70.0 Å². The second-order valence-corrected chi connectivity index (χ2v) is 11.2. The van der Waals surface area contributed by atoms with E-state index in [9.17, 15) is 13.2 Å². The Morgan fingerprint density at radius 1 is 1.13 bits per heavy atom. The first-order chi connectivity index (χ1) is 14.1. The first-order valence-corrected chi connectivity index (χ1v) is 12.8. The molecule has 1 aromatic carbocycles. The van der Waals surface area contributed by atoms with Gasteiger partial charge in [-0.1, -0.05) is 52.1 Å². The van der Waals surface area contributed by atoms with E-state index in [1.54, 1.807) is 24.3 Å². The fraction of sp³-hybridized carbons (Fsp3) is 0.682. The molecule has 30 heavy (non-hydrogen) atoms. The molecule has 6 nitrogen and oxygen atoms in total. The van der Waals surface area contributed by atoms with Crippen molar-refractivity contribution in [3.05, 3.63) is 29.3 Å². The van der Waals surface area contributed by atoms with Crippen LogP contribution in [0.1, 0.15) is 53.4 Å². The van der Waals surface area contributed by atoms with Crippen LogP contribution >= 0.6 is 11.6 Å². The molecule has 2 aliphatic heterocycles. The summed E-state index contributed by atoms with van der Waals surface area (Å²) in [6.07, 6.45) is 3.11. The summed E-state index contributed by atoms with van der Waals surface area (Å²) in [6.45, 7) is 9.99. The zero-order chi connectivity index (χ0) is 22.1. The lowest BCUT2D eigenvalue weighted by atomic mass is 9.95. The van der Waals surface area contributed by atoms with Crippen LogP contribution in [-0.4, -0.2) is 54.9 Å². The molecule has 168 valence electrons. The average molecular weight is 456 g/mol. The lowest BCUT2D eigenvalue weighted by Crippen LogP contribution is -2.60. The number of rotatable bonds is 7. The first kappa shape index (κ1) is 23.5. The Balaban J connectivity index is 1.81. The minimum absolute atomic E-state index is 0.165. The molecule has 2 aliphatic rings. The second-order valence-electron chi connectivity index (χ2n) is 8.86. The molecule has 0 aliphatic carbocycles. The van der Waals surface area contributed by atoms with Gasteiger partial charge in [0.25, 0.3) is 0 Å². The molecule has 1 spiro atoms. The van der Waals surface area contributed by atoms with E-state index in [0.717, 1.165) is 12.8 Å². The number of nitrogens with zero attached hydrogens (tertiary/aromatic N) is 2. The molecule has 0 unspecified atom stereocenters. The van der Waals surface area contributed by atoms with Crippen LogP contribution in [0.2, 0.25) is 5.02 Å². The minimum Gasteiger partial charge on any atom is -0.323 e. The Bertz CT molecular complexity index is 851. The van der Waals surface area contributed by atoms with E-state index < -0.39 is 15.7 Å². The Hall–Kier alpha value is -1.15. The van der Waals surface area contributed by atoms with Crippen LogP contribution in [0.15, 0.2) is 29.2 Å². The molecular formula is C22H34ClN3O3S. The van der Waals surface area contributed by atoms with Crippen LogP contribution in [-0.2, 0) is 14.8 Å². The van der Waals surface area contributed by atoms with Gasteiger partial charge in [0.15, 0.2) is 0 Å². The lowest BCUT2D eigenvalue weighted by molar-refractivity contribution is -0.134. The number of hydrogen-bond donors (Lipinski definition) is 1. The third-order valence-corrected chi connectivity index (χ3v) is 9.04. The van der Waals surface area contributed by atoms with Gasteiger partial charge < -0.3 is 4.90 Å². The van der Waals surface area contributed by atoms with E-state index in [1.165, 1.54) is 4.31 Å². The quantitative estimate of drug-likeness (QED) is 0.680. The molecular weight excluding hydrogens is 422 g/mol. The first-order valence-electron chi connectivity index (χ1n) is 11.0. The van der Waals surface area contributed by atoms with E-state index in [-0.39, 0.29) is 22.8 Å². The van der Waals surface area contributed by atoms with Gasteiger partial charge in [0.1, 0.15) is 0 Å². The summed E-state index contributed by atoms with van der Waals surface area (Å²) in [5.41, 5.74) is -0.458. The summed E-state index contributed by atoms with van der Waals surface area (Å²) < 4.78 is 27.7. The van der Waals surface area contributed by atoms with Gasteiger partial charge in [-0.2, -0.15) is 4.31 Å². The largest absolute Gasteiger partial charge is 0.323 e. The molecule has 1 amide bonds. The molecule has 0 bridgehead atoms. The van der Waals surface area contributed by atoms with Crippen molar-refractivity contribution >= 4 is 27.5 Å². The molecule has 0 radical (unpaired) electrons. The standard InChI is InChI=1S/C22H34ClN3O3S/c1-5-16(3)15-26-21(27)20(17(4)6-2)24-22(26)11-13-25(14-12-22)30(28,29)19-9-7-18(23)8-10-19/h7-10,16-17,20,24H,5-6,11-15H2,1-4H3/t16-,17+,20-/m0/s1. The molecule has 8 heteroatoms. The fourth-order valence-corrected chi connectivity index (χ4v) is 5.97. The number of carbonyl (C=O) groups excluding carboxylic acids is 1. The van der Waals surface area contributed by atoms with Gasteiger partial charge in [0.05, 0.1) is 16.6 Å². The second kappa shape index (κ2) is 9.15. The molecule has 3 atom stereocenters. The van der Waals surface area contributed by atoms with E-state index in [0.29, 0.717) is 43.4 Å². The zero-order valence-corrected chi connectivity index (χ0v) is 20.0. The van der Waals surface area contributed by atoms with Crippen LogP contribution in [0.3, 0.4) is 0 Å². The van der Waals surface area contributed by atoms with Crippen molar-refractivity contribution in [3.63, 3.8) is 0 Å². The Labute approximate surface area is 186 Å². The maximum absolute atomic E-state index is 13.3. The highest BCUT2D eigenvalue weighted by molar-refractivity contribution is 7.89. The third-order valence-electron chi connectivity index (χ3n) is 6.88. The maximum atomic E-state index is 13.3. The molecule has 1 aromatic rings. The monoisotopic (exact) mass is 455 g/mol. The number of nitrogens with one attached hydrogen (secondary N) is 1. The van der Waals surface area contributed by atoms with Crippen molar-refractivity contribution in [2.75, 3.05) is 19.6 Å². The maximum Gasteiger partial charge on any atom is 0.243 e. The van der Waals surface area contributed by atoms with E-state index >= 15 is 0 Å². The minimum atomic E-state index is -3.57. The Morgan fingerprint density at radius 3 is 2.27 bits per heavy atom. The fourth-order valence-electron chi connectivity index (χ4n) is 4.40. The predicted molar refractivity (Wildman–Crippen MR) is 120 cm³/mol. The Morgan fingerprint density at radius 2 is 1.73 bits per heavy atom. The summed E-state index contributed by atoms with van der Waals surface area (Å²) in [6, 6.07) is 6.10. The van der Waals surface area contributed by atoms with Crippen LogP contribution < -0.4 is 5.32 Å². The average Bonchev–Trinajstić information content (AvgIpc) is 2.99. The molecule has 2 heterocycles. The van der Waals surface area contributed by atoms with Gasteiger partial charge in [-0.3, -0.25) is 10.1 Å². The third kappa shape index (κ3) is 4.40. The molecule has 2 fully saturated rings. The molecule has 1 N–H and O–H groups in total. The summed E-state index contributed by atoms with van der Waals surface area (Å²) in [5.74, 6) is 0.810. The van der Waals surface area contributed by atoms with Crippen molar-refractivity contribution in [1.82, 2.24) is 14.5 Å². The van der Waals surface area contributed by atoms with E-state index in [2.05, 4.69) is 33.0 Å². The topological polar surface area (TPSA) is 69.7 Å². The summed E-state index contributed by atoms with van der Waals surface area (Å²) in [4.78, 5) is 15.6. The van der Waals surface area contributed by atoms with Crippen molar-refractivity contribution < 1.29 is 13.2 Å². The van der Waals surface area contributed by atoms with Crippen LogP contribution in [0.25, 0.3) is 0 Å². The summed E-state index contributed by atoms with van der Waals surface area (Å²) >= 11 is 5.91. The zero-order valence-electron chi connectivity index (χ0n) is 18.4. The van der Waals surface area contributed by atoms with Crippen LogP contribution in [0.4, 0.5) is 0 Å². The lowest BCUT2D eigenvalue weighted by Gasteiger charge is -2.45. The number of carbonyl (C=O) groups is 1. The molecule has 3 rings (SSSR count). The summed E-state index contributed by atoms with van der Waals surface area (Å²) in [7, 11) is -3.57. The van der Waals surface area contributed by atoms with E-state index in [1.807, 2.05) is 4.90 Å². The number of benzene rings is 1. The van der Waals surface area contributed by atoms with Crippen molar-refractivity contribution in [3.8, 4) is 0 Å². The highest BCUT2D eigenvalue weighted by Crippen LogP contribution is 2.37. The van der Waals surface area contributed by atoms with E-state index in [4.69, 9.17) is 11.6 Å². The van der Waals surface area contributed by atoms with Gasteiger partial charge in [-0.15, -0.1) is 0 Å². The smallest absolute Gasteiger partial charge is 0.243 e. The van der Waals surface area contributed by atoms with Crippen molar-refractivity contribution in [2.24, 2.45) is 11.8 Å². The SMILES string of the molecule is CC[C@H](C)CN1C(=O)[C@H]([C@H](C)CC)NC12CCN(S(=O)(=O)c1ccc(Cl)cc1)CC2. The highest BCUT2D eigenvalue weighted by Gasteiger charge is 2.53. The van der Waals surface area contributed by atoms with Gasteiger partial charge in [-0.25, -0.2) is 8.42 Å². The molecule has 2 saturated heterocycles. The Kier molecular flexibility index (Phi) is 7.17. The number of sulfonamides is 1. The van der Waals surface area contributed by atoms with Crippen LogP contribution in [0.5, 0.6) is 0 Å². The van der Waals surface area contributed by atoms with Gasteiger partial charge in [-0.05, 0) is 48.9 Å². The van der Waals surface area contributed by atoms with Crippen molar-refractivity contribution in [1.29, 1.82) is 0 Å². The number of amides is 1. The summed E-state index contributed by atoms with van der Waals surface area (Å²) in [5, 5.41) is 4.15. The van der Waals surface area contributed by atoms with Gasteiger partial charge in [0.2, 0.25) is 15.9 Å². The molecule has 0 saturated carbocycles. The highest BCUT2D eigenvalue weighted by atomic mass is 35.5.